The molecule has 0 radical (unpaired) electrons. The zero-order valence-corrected chi connectivity index (χ0v) is 16.1. The number of halogens is 1. The van der Waals surface area contributed by atoms with Crippen LogP contribution in [0.15, 0.2) is 54.6 Å². The molecule has 2 N–H and O–H groups in total. The standard InChI is InChI=1S/C22H25ClN2O2/c23-19-9-5-4-8-18(19)22(10-12-27-13-11-22)21(26)25-14-17(20(24)15-25)16-6-2-1-3-7-16/h1-9,17,20H,10-15,24H2/t17-,20+/m0/s1. The van der Waals surface area contributed by atoms with Crippen LogP contribution < -0.4 is 5.73 Å². The zero-order chi connectivity index (χ0) is 18.9. The maximum Gasteiger partial charge on any atom is 0.233 e. The molecule has 0 bridgehead atoms. The van der Waals surface area contributed by atoms with Crippen LogP contribution in [0.2, 0.25) is 5.02 Å². The van der Waals surface area contributed by atoms with Crippen LogP contribution in [0, 0.1) is 0 Å². The summed E-state index contributed by atoms with van der Waals surface area (Å²) in [7, 11) is 0. The van der Waals surface area contributed by atoms with E-state index in [1.165, 1.54) is 5.56 Å². The second kappa shape index (κ2) is 7.63. The van der Waals surface area contributed by atoms with Gasteiger partial charge in [0.2, 0.25) is 5.91 Å². The van der Waals surface area contributed by atoms with Gasteiger partial charge in [-0.2, -0.15) is 0 Å². The Morgan fingerprint density at radius 1 is 1.04 bits per heavy atom. The average molecular weight is 385 g/mol. The van der Waals surface area contributed by atoms with E-state index in [9.17, 15) is 4.79 Å². The van der Waals surface area contributed by atoms with Crippen molar-refractivity contribution in [2.75, 3.05) is 26.3 Å². The lowest BCUT2D eigenvalue weighted by Gasteiger charge is -2.39. The molecule has 4 nitrogen and oxygen atoms in total. The number of rotatable bonds is 3. The fourth-order valence-electron chi connectivity index (χ4n) is 4.52. The van der Waals surface area contributed by atoms with E-state index < -0.39 is 5.41 Å². The zero-order valence-electron chi connectivity index (χ0n) is 15.3. The fraction of sp³-hybridized carbons (Fsp3) is 0.409. The molecule has 2 atom stereocenters. The van der Waals surface area contributed by atoms with Gasteiger partial charge in [-0.15, -0.1) is 0 Å². The van der Waals surface area contributed by atoms with Crippen LogP contribution >= 0.6 is 11.6 Å². The van der Waals surface area contributed by atoms with Gasteiger partial charge >= 0.3 is 0 Å². The molecule has 4 rings (SSSR count). The first kappa shape index (κ1) is 18.5. The molecule has 0 aliphatic carbocycles. The molecule has 1 amide bonds. The van der Waals surface area contributed by atoms with Crippen LogP contribution in [0.4, 0.5) is 0 Å². The van der Waals surface area contributed by atoms with Crippen molar-refractivity contribution in [3.05, 3.63) is 70.7 Å². The summed E-state index contributed by atoms with van der Waals surface area (Å²) in [6, 6.07) is 17.9. The van der Waals surface area contributed by atoms with Gasteiger partial charge in [0.25, 0.3) is 0 Å². The van der Waals surface area contributed by atoms with E-state index in [4.69, 9.17) is 22.1 Å². The molecule has 0 unspecified atom stereocenters. The second-order valence-electron chi connectivity index (χ2n) is 7.57. The predicted molar refractivity (Wildman–Crippen MR) is 107 cm³/mol. The van der Waals surface area contributed by atoms with E-state index in [1.54, 1.807) is 0 Å². The Labute approximate surface area is 165 Å². The molecular formula is C22H25ClN2O2. The summed E-state index contributed by atoms with van der Waals surface area (Å²) in [5, 5.41) is 0.649. The molecule has 27 heavy (non-hydrogen) atoms. The highest BCUT2D eigenvalue weighted by Crippen LogP contribution is 2.41. The van der Waals surface area contributed by atoms with Crippen LogP contribution in [0.25, 0.3) is 0 Å². The van der Waals surface area contributed by atoms with Crippen LogP contribution in [0.3, 0.4) is 0 Å². The van der Waals surface area contributed by atoms with E-state index in [1.807, 2.05) is 47.4 Å². The smallest absolute Gasteiger partial charge is 0.233 e. The van der Waals surface area contributed by atoms with Crippen LogP contribution in [0.1, 0.15) is 29.9 Å². The minimum Gasteiger partial charge on any atom is -0.381 e. The highest BCUT2D eigenvalue weighted by Gasteiger charge is 2.47. The molecule has 2 aliphatic heterocycles. The fourth-order valence-corrected chi connectivity index (χ4v) is 4.83. The highest BCUT2D eigenvalue weighted by molar-refractivity contribution is 6.31. The van der Waals surface area contributed by atoms with Crippen molar-refractivity contribution in [2.24, 2.45) is 5.73 Å². The second-order valence-corrected chi connectivity index (χ2v) is 7.97. The van der Waals surface area contributed by atoms with Gasteiger partial charge in [-0.25, -0.2) is 0 Å². The number of hydrogen-bond donors (Lipinski definition) is 1. The van der Waals surface area contributed by atoms with Gasteiger partial charge < -0.3 is 15.4 Å². The maximum atomic E-state index is 13.8. The van der Waals surface area contributed by atoms with Crippen molar-refractivity contribution in [1.29, 1.82) is 0 Å². The number of amides is 1. The molecule has 2 saturated heterocycles. The Hall–Kier alpha value is -1.88. The molecule has 2 fully saturated rings. The van der Waals surface area contributed by atoms with Gasteiger partial charge in [0.05, 0.1) is 5.41 Å². The first-order valence-electron chi connectivity index (χ1n) is 9.54. The molecule has 0 aromatic heterocycles. The van der Waals surface area contributed by atoms with Crippen molar-refractivity contribution in [1.82, 2.24) is 4.90 Å². The minimum atomic E-state index is -0.623. The molecule has 5 heteroatoms. The lowest BCUT2D eigenvalue weighted by Crippen LogP contribution is -2.49. The summed E-state index contributed by atoms with van der Waals surface area (Å²) in [5.74, 6) is 0.297. The van der Waals surface area contributed by atoms with Crippen molar-refractivity contribution in [3.8, 4) is 0 Å². The third-order valence-electron chi connectivity index (χ3n) is 6.03. The van der Waals surface area contributed by atoms with E-state index in [0.717, 1.165) is 5.56 Å². The van der Waals surface area contributed by atoms with Gasteiger partial charge in [-0.3, -0.25) is 4.79 Å². The van der Waals surface area contributed by atoms with Gasteiger partial charge in [-0.05, 0) is 30.0 Å². The Kier molecular flexibility index (Phi) is 5.22. The number of carbonyl (C=O) groups excluding carboxylic acids is 1. The Balaban J connectivity index is 1.64. The van der Waals surface area contributed by atoms with Crippen molar-refractivity contribution in [2.45, 2.75) is 30.2 Å². The lowest BCUT2D eigenvalue weighted by molar-refractivity contribution is -0.140. The lowest BCUT2D eigenvalue weighted by atomic mass is 9.73. The topological polar surface area (TPSA) is 55.6 Å². The predicted octanol–water partition coefficient (Wildman–Crippen LogP) is 3.34. The molecule has 2 aromatic carbocycles. The van der Waals surface area contributed by atoms with Crippen LogP contribution in [-0.2, 0) is 14.9 Å². The summed E-state index contributed by atoms with van der Waals surface area (Å²) in [4.78, 5) is 15.7. The molecule has 2 heterocycles. The summed E-state index contributed by atoms with van der Waals surface area (Å²) in [5.41, 5.74) is 7.92. The van der Waals surface area contributed by atoms with Crippen molar-refractivity contribution < 1.29 is 9.53 Å². The number of ether oxygens (including phenoxy) is 1. The molecule has 2 aromatic rings. The quantitative estimate of drug-likeness (QED) is 0.882. The van der Waals surface area contributed by atoms with E-state index in [0.29, 0.717) is 44.2 Å². The Morgan fingerprint density at radius 2 is 1.70 bits per heavy atom. The van der Waals surface area contributed by atoms with Gasteiger partial charge in [0.15, 0.2) is 0 Å². The van der Waals surface area contributed by atoms with Gasteiger partial charge in [0, 0.05) is 43.3 Å². The van der Waals surface area contributed by atoms with E-state index in [2.05, 4.69) is 12.1 Å². The number of hydrogen-bond acceptors (Lipinski definition) is 3. The molecule has 2 aliphatic rings. The summed E-state index contributed by atoms with van der Waals surface area (Å²) < 4.78 is 5.57. The number of nitrogens with zero attached hydrogens (tertiary/aromatic N) is 1. The van der Waals surface area contributed by atoms with Crippen molar-refractivity contribution in [3.63, 3.8) is 0 Å². The number of nitrogens with two attached hydrogens (primary N) is 1. The molecule has 0 saturated carbocycles. The Bertz CT molecular complexity index is 805. The highest BCUT2D eigenvalue weighted by atomic mass is 35.5. The summed E-state index contributed by atoms with van der Waals surface area (Å²) in [6.45, 7) is 2.36. The summed E-state index contributed by atoms with van der Waals surface area (Å²) >= 11 is 6.51. The third-order valence-corrected chi connectivity index (χ3v) is 6.35. The number of carbonyl (C=O) groups is 1. The van der Waals surface area contributed by atoms with Gasteiger partial charge in [-0.1, -0.05) is 60.1 Å². The monoisotopic (exact) mass is 384 g/mol. The molecule has 0 spiro atoms. The first-order valence-corrected chi connectivity index (χ1v) is 9.92. The normalized spacial score (nSPS) is 24.7. The van der Waals surface area contributed by atoms with Crippen LogP contribution in [0.5, 0.6) is 0 Å². The van der Waals surface area contributed by atoms with E-state index >= 15 is 0 Å². The Morgan fingerprint density at radius 3 is 2.41 bits per heavy atom. The largest absolute Gasteiger partial charge is 0.381 e. The van der Waals surface area contributed by atoms with Crippen LogP contribution in [-0.4, -0.2) is 43.2 Å². The average Bonchev–Trinajstić information content (AvgIpc) is 3.10. The van der Waals surface area contributed by atoms with Gasteiger partial charge in [0.1, 0.15) is 0 Å². The number of likely N-dealkylation sites (tertiary alicyclic amines) is 1. The van der Waals surface area contributed by atoms with E-state index in [-0.39, 0.29) is 17.9 Å². The third kappa shape index (κ3) is 3.38. The minimum absolute atomic E-state index is 0.0560. The summed E-state index contributed by atoms with van der Waals surface area (Å²) in [6.07, 6.45) is 1.30. The number of benzene rings is 2. The van der Waals surface area contributed by atoms with Crippen molar-refractivity contribution >= 4 is 17.5 Å². The first-order chi connectivity index (χ1) is 13.1. The molecular weight excluding hydrogens is 360 g/mol. The molecule has 142 valence electrons. The maximum absolute atomic E-state index is 13.8. The SMILES string of the molecule is N[C@@H]1CN(C(=O)C2(c3ccccc3Cl)CCOCC2)C[C@H]1c1ccccc1.